The molecular weight excluding hydrogens is 459 g/mol. The van der Waals surface area contributed by atoms with Crippen LogP contribution in [0.25, 0.3) is 0 Å². The van der Waals surface area contributed by atoms with Gasteiger partial charge in [0.1, 0.15) is 6.29 Å². The zero-order valence-corrected chi connectivity index (χ0v) is 26.1. The van der Waals surface area contributed by atoms with Gasteiger partial charge in [-0.2, -0.15) is 0 Å². The average Bonchev–Trinajstić information content (AvgIpc) is 2.78. The summed E-state index contributed by atoms with van der Waals surface area (Å²) in [5.74, 6) is 6.85. The Kier molecular flexibility index (Phi) is 17.7. The molecule has 0 aliphatic rings. The van der Waals surface area contributed by atoms with E-state index in [0.29, 0.717) is 12.8 Å². The molecule has 0 amide bonds. The minimum atomic E-state index is -1.08. The van der Waals surface area contributed by atoms with Gasteiger partial charge in [0.25, 0.3) is 0 Å². The van der Waals surface area contributed by atoms with Gasteiger partial charge >= 0.3 is 0 Å². The van der Waals surface area contributed by atoms with Gasteiger partial charge in [0.15, 0.2) is 0 Å². The van der Waals surface area contributed by atoms with Crippen LogP contribution in [0.4, 0.5) is 4.39 Å². The van der Waals surface area contributed by atoms with Crippen LogP contribution in [0.5, 0.6) is 0 Å². The van der Waals surface area contributed by atoms with Crippen molar-refractivity contribution in [2.45, 2.75) is 138 Å². The Morgan fingerprint density at radius 1 is 0.778 bits per heavy atom. The molecule has 0 aliphatic carbocycles. The van der Waals surface area contributed by atoms with Crippen molar-refractivity contribution in [3.8, 4) is 11.8 Å². The van der Waals surface area contributed by atoms with E-state index in [1.54, 1.807) is 0 Å². The lowest BCUT2D eigenvalue weighted by molar-refractivity contribution is -0.107. The van der Waals surface area contributed by atoms with Crippen LogP contribution in [0, 0.1) is 17.3 Å². The Morgan fingerprint density at radius 2 is 1.36 bits per heavy atom. The van der Waals surface area contributed by atoms with Gasteiger partial charge in [0.05, 0.1) is 13.9 Å². The Bertz CT molecular complexity index is 837. The summed E-state index contributed by atoms with van der Waals surface area (Å²) in [6, 6.07) is 1.08. The number of aldehydes is 1. The largest absolute Gasteiger partial charge is 0.303 e. The smallest absolute Gasteiger partial charge is 0.120 e. The summed E-state index contributed by atoms with van der Waals surface area (Å²) in [5, 5.41) is 0. The number of hydrogen-bond acceptors (Lipinski definition) is 1. The van der Waals surface area contributed by atoms with E-state index < -0.39 is 8.07 Å². The number of halogens is 1. The molecule has 204 valence electrons. The van der Waals surface area contributed by atoms with Crippen molar-refractivity contribution in [3.63, 3.8) is 0 Å². The first-order valence-corrected chi connectivity index (χ1v) is 17.7. The van der Waals surface area contributed by atoms with Crippen LogP contribution < -0.4 is 0 Å². The maximum Gasteiger partial charge on any atom is 0.120 e. The molecule has 0 radical (unpaired) electrons. The second kappa shape index (κ2) is 18.6. The third-order valence-corrected chi connectivity index (χ3v) is 7.69. The van der Waals surface area contributed by atoms with Gasteiger partial charge in [-0.1, -0.05) is 68.4 Å². The topological polar surface area (TPSA) is 17.1 Å². The molecule has 0 saturated carbocycles. The standard InChI is InChI=1S/C33H55FOSi/c1-28(16-10-12-26-35)17-14-18-29(2)19-15-20-32(34)31(4)22-21-30(3)23-25-33(5,6)24-11-13-27-36(7,8)9/h17,19,23,26H,10,12,14-16,18,20-22,24-25,27H2,1-9H3/b28-17+,29-19+,30-23-,32-31-. The Hall–Kier alpha value is -1.66. The van der Waals surface area contributed by atoms with Gasteiger partial charge in [-0.3, -0.25) is 0 Å². The van der Waals surface area contributed by atoms with Crippen molar-refractivity contribution >= 4 is 14.4 Å². The minimum Gasteiger partial charge on any atom is -0.303 e. The van der Waals surface area contributed by atoms with Crippen molar-refractivity contribution in [1.29, 1.82) is 0 Å². The zero-order chi connectivity index (χ0) is 27.6. The van der Waals surface area contributed by atoms with Crippen LogP contribution in [0.2, 0.25) is 25.7 Å². The molecule has 0 aromatic heterocycles. The van der Waals surface area contributed by atoms with E-state index in [1.165, 1.54) is 16.7 Å². The predicted molar refractivity (Wildman–Crippen MR) is 162 cm³/mol. The number of hydrogen-bond donors (Lipinski definition) is 0. The Morgan fingerprint density at radius 3 is 1.97 bits per heavy atom. The van der Waals surface area contributed by atoms with Gasteiger partial charge in [-0.05, 0) is 90.0 Å². The summed E-state index contributed by atoms with van der Waals surface area (Å²) < 4.78 is 14.6. The first kappa shape index (κ1) is 34.3. The normalized spacial score (nSPS) is 14.3. The molecule has 36 heavy (non-hydrogen) atoms. The quantitative estimate of drug-likeness (QED) is 0.0620. The first-order valence-electron chi connectivity index (χ1n) is 14.0. The molecule has 0 aromatic carbocycles. The SMILES string of the molecule is C/C(=C/CC(C)(C)CC#CC[Si](C)(C)C)CC/C(C)=C(\F)CC/C=C(\C)CC/C=C(\C)CCCC=O. The van der Waals surface area contributed by atoms with Gasteiger partial charge < -0.3 is 4.79 Å². The van der Waals surface area contributed by atoms with E-state index in [0.717, 1.165) is 75.7 Å². The summed E-state index contributed by atoms with van der Waals surface area (Å²) in [6.45, 7) is 20.0. The van der Waals surface area contributed by atoms with Gasteiger partial charge in [-0.25, -0.2) is 4.39 Å². The highest BCUT2D eigenvalue weighted by atomic mass is 28.3. The van der Waals surface area contributed by atoms with E-state index in [4.69, 9.17) is 0 Å². The lowest BCUT2D eigenvalue weighted by Crippen LogP contribution is -2.17. The van der Waals surface area contributed by atoms with Crippen LogP contribution in [0.1, 0.15) is 112 Å². The summed E-state index contributed by atoms with van der Waals surface area (Å²) in [6.07, 6.45) is 17.3. The highest BCUT2D eigenvalue weighted by molar-refractivity contribution is 6.76. The second-order valence-corrected chi connectivity index (χ2v) is 18.1. The molecule has 0 bridgehead atoms. The van der Waals surface area contributed by atoms with Gasteiger partial charge in [0, 0.05) is 25.3 Å². The number of allylic oxidation sites excluding steroid dienone is 8. The monoisotopic (exact) mass is 514 g/mol. The third kappa shape index (κ3) is 20.5. The van der Waals surface area contributed by atoms with Crippen molar-refractivity contribution in [3.05, 3.63) is 46.3 Å². The molecule has 0 unspecified atom stereocenters. The molecule has 0 rings (SSSR count). The van der Waals surface area contributed by atoms with E-state index in [-0.39, 0.29) is 11.2 Å². The number of rotatable bonds is 17. The summed E-state index contributed by atoms with van der Waals surface area (Å²) >= 11 is 0. The van der Waals surface area contributed by atoms with Crippen molar-refractivity contribution < 1.29 is 9.18 Å². The van der Waals surface area contributed by atoms with Gasteiger partial charge in [0.2, 0.25) is 0 Å². The summed E-state index contributed by atoms with van der Waals surface area (Å²) in [5.41, 5.74) is 5.09. The summed E-state index contributed by atoms with van der Waals surface area (Å²) in [7, 11) is -1.08. The number of carbonyl (C=O) groups is 1. The molecule has 0 fully saturated rings. The Labute approximate surface area is 224 Å². The molecule has 1 nitrogen and oxygen atoms in total. The molecule has 0 heterocycles. The lowest BCUT2D eigenvalue weighted by Gasteiger charge is -2.20. The maximum atomic E-state index is 14.6. The fourth-order valence-electron chi connectivity index (χ4n) is 3.65. The highest BCUT2D eigenvalue weighted by Gasteiger charge is 2.15. The minimum absolute atomic E-state index is 0.0516. The molecule has 0 saturated heterocycles. The molecule has 0 aliphatic heterocycles. The number of unbranched alkanes of at least 4 members (excludes halogenated alkanes) is 1. The second-order valence-electron chi connectivity index (χ2n) is 12.6. The van der Waals surface area contributed by atoms with Crippen molar-refractivity contribution in [2.75, 3.05) is 0 Å². The van der Waals surface area contributed by atoms with E-state index in [9.17, 15) is 9.18 Å². The zero-order valence-electron chi connectivity index (χ0n) is 25.1. The van der Waals surface area contributed by atoms with Crippen LogP contribution in [0.15, 0.2) is 46.3 Å². The molecule has 0 atom stereocenters. The van der Waals surface area contributed by atoms with E-state index in [2.05, 4.69) is 84.3 Å². The maximum absolute atomic E-state index is 14.6. The molecular formula is C33H55FOSi. The molecule has 0 aromatic rings. The van der Waals surface area contributed by atoms with Gasteiger partial charge in [-0.15, -0.1) is 11.8 Å². The summed E-state index contributed by atoms with van der Waals surface area (Å²) in [4.78, 5) is 10.4. The van der Waals surface area contributed by atoms with Crippen LogP contribution in [0.3, 0.4) is 0 Å². The average molecular weight is 515 g/mol. The van der Waals surface area contributed by atoms with Crippen molar-refractivity contribution in [1.82, 2.24) is 0 Å². The van der Waals surface area contributed by atoms with Crippen LogP contribution >= 0.6 is 0 Å². The van der Waals surface area contributed by atoms with Crippen molar-refractivity contribution in [2.24, 2.45) is 5.41 Å². The lowest BCUT2D eigenvalue weighted by atomic mass is 9.85. The van der Waals surface area contributed by atoms with Crippen LogP contribution in [-0.2, 0) is 4.79 Å². The van der Waals surface area contributed by atoms with E-state index in [1.807, 2.05) is 6.92 Å². The third-order valence-electron chi connectivity index (χ3n) is 6.45. The highest BCUT2D eigenvalue weighted by Crippen LogP contribution is 2.27. The predicted octanol–water partition coefficient (Wildman–Crippen LogP) is 10.9. The number of carbonyl (C=O) groups excluding carboxylic acids is 1. The molecule has 0 N–H and O–H groups in total. The molecule has 3 heteroatoms. The fourth-order valence-corrected chi connectivity index (χ4v) is 4.30. The van der Waals surface area contributed by atoms with E-state index >= 15 is 0 Å². The van der Waals surface area contributed by atoms with Crippen LogP contribution in [-0.4, -0.2) is 14.4 Å². The first-order chi connectivity index (χ1) is 16.8. The fraction of sp³-hybridized carbons (Fsp3) is 0.667. The molecule has 0 spiro atoms. The Balaban J connectivity index is 4.45.